The summed E-state index contributed by atoms with van der Waals surface area (Å²) in [5.41, 5.74) is 1.21. The van der Waals surface area contributed by atoms with Crippen LogP contribution in [0.2, 0.25) is 0 Å². The molecule has 1 aliphatic rings. The Labute approximate surface area is 90.4 Å². The molecule has 1 atom stereocenters. The summed E-state index contributed by atoms with van der Waals surface area (Å²) in [5.74, 6) is 0.155. The smallest absolute Gasteiger partial charge is 0.178 e. The molecule has 0 spiro atoms. The van der Waals surface area contributed by atoms with Crippen LogP contribution < -0.4 is 5.32 Å². The zero-order valence-electron chi connectivity index (χ0n) is 8.95. The molecule has 0 saturated carbocycles. The van der Waals surface area contributed by atoms with Gasteiger partial charge in [0.05, 0.1) is 16.2 Å². The quantitative estimate of drug-likeness (QED) is 0.789. The molecule has 0 bridgehead atoms. The van der Waals surface area contributed by atoms with Gasteiger partial charge >= 0.3 is 0 Å². The second-order valence-electron chi connectivity index (χ2n) is 4.11. The predicted octanol–water partition coefficient (Wildman–Crippen LogP) is 1.30. The summed E-state index contributed by atoms with van der Waals surface area (Å²) in [5, 5.41) is 3.25. The molecule has 0 aromatic heterocycles. The molecule has 1 fully saturated rings. The first kappa shape index (κ1) is 10.6. The first-order valence-electron chi connectivity index (χ1n) is 5.06. The largest absolute Gasteiger partial charge is 0.304 e. The van der Waals surface area contributed by atoms with Gasteiger partial charge in [-0.25, -0.2) is 8.42 Å². The van der Waals surface area contributed by atoms with Gasteiger partial charge in [0.2, 0.25) is 0 Å². The van der Waals surface area contributed by atoms with E-state index in [1.165, 1.54) is 0 Å². The van der Waals surface area contributed by atoms with Gasteiger partial charge in [-0.15, -0.1) is 0 Å². The Bertz CT molecular complexity index is 458. The molecule has 2 rings (SSSR count). The molecule has 1 heterocycles. The van der Waals surface area contributed by atoms with E-state index in [2.05, 4.69) is 12.2 Å². The van der Waals surface area contributed by atoms with Crippen molar-refractivity contribution in [3.63, 3.8) is 0 Å². The minimum atomic E-state index is -3.06. The fourth-order valence-corrected chi connectivity index (χ4v) is 2.42. The summed E-state index contributed by atoms with van der Waals surface area (Å²) in [4.78, 5) is 0.415. The minimum absolute atomic E-state index is 0.0640. The van der Waals surface area contributed by atoms with E-state index < -0.39 is 9.84 Å². The highest BCUT2D eigenvalue weighted by Gasteiger charge is 2.38. The van der Waals surface area contributed by atoms with Crippen LogP contribution in [0.4, 0.5) is 0 Å². The van der Waals surface area contributed by atoms with Crippen molar-refractivity contribution in [2.45, 2.75) is 24.3 Å². The number of nitrogens with one attached hydrogen (secondary N) is 1. The normalized spacial score (nSPS) is 25.2. The molecule has 15 heavy (non-hydrogen) atoms. The number of rotatable bonds is 3. The van der Waals surface area contributed by atoms with E-state index in [-0.39, 0.29) is 11.3 Å². The first-order chi connectivity index (χ1) is 6.98. The van der Waals surface area contributed by atoms with Gasteiger partial charge in [-0.3, -0.25) is 0 Å². The predicted molar refractivity (Wildman–Crippen MR) is 59.5 cm³/mol. The maximum Gasteiger partial charge on any atom is 0.178 e. The van der Waals surface area contributed by atoms with Crippen molar-refractivity contribution >= 4 is 9.84 Å². The van der Waals surface area contributed by atoms with Gasteiger partial charge in [-0.05, 0) is 24.6 Å². The Hall–Kier alpha value is -0.870. The van der Waals surface area contributed by atoms with Gasteiger partial charge in [0.25, 0.3) is 0 Å². The third kappa shape index (κ3) is 1.92. The zero-order valence-corrected chi connectivity index (χ0v) is 9.76. The van der Waals surface area contributed by atoms with Crippen LogP contribution in [0.3, 0.4) is 0 Å². The maximum atomic E-state index is 11.6. The molecule has 82 valence electrons. The van der Waals surface area contributed by atoms with Crippen molar-refractivity contribution in [1.82, 2.24) is 5.32 Å². The van der Waals surface area contributed by atoms with Crippen molar-refractivity contribution in [3.05, 3.63) is 29.8 Å². The van der Waals surface area contributed by atoms with E-state index in [4.69, 9.17) is 0 Å². The molecule has 3 nitrogen and oxygen atoms in total. The van der Waals surface area contributed by atoms with E-state index in [1.54, 1.807) is 19.1 Å². The second-order valence-corrected chi connectivity index (χ2v) is 6.39. The van der Waals surface area contributed by atoms with Crippen LogP contribution in [-0.4, -0.2) is 20.7 Å². The average molecular weight is 225 g/mol. The van der Waals surface area contributed by atoms with Crippen LogP contribution in [0.25, 0.3) is 0 Å². The molecule has 1 aromatic rings. The molecule has 1 aliphatic heterocycles. The maximum absolute atomic E-state index is 11.6. The fourth-order valence-electron chi connectivity index (χ4n) is 1.53. The first-order valence-corrected chi connectivity index (χ1v) is 6.71. The van der Waals surface area contributed by atoms with Crippen LogP contribution in [0.5, 0.6) is 0 Å². The van der Waals surface area contributed by atoms with Crippen LogP contribution >= 0.6 is 0 Å². The zero-order chi connectivity index (χ0) is 11.1. The molecule has 0 aliphatic carbocycles. The molecule has 0 radical (unpaired) electrons. The molecule has 1 saturated heterocycles. The molecule has 1 N–H and O–H groups in total. The van der Waals surface area contributed by atoms with Gasteiger partial charge in [0, 0.05) is 6.54 Å². The van der Waals surface area contributed by atoms with Crippen molar-refractivity contribution < 1.29 is 8.42 Å². The Balaban J connectivity index is 2.33. The highest BCUT2D eigenvalue weighted by atomic mass is 32.2. The molecule has 1 aromatic carbocycles. The van der Waals surface area contributed by atoms with Gasteiger partial charge < -0.3 is 5.32 Å². The molecular weight excluding hydrogens is 210 g/mol. The third-order valence-electron chi connectivity index (χ3n) is 2.94. The highest BCUT2D eigenvalue weighted by molar-refractivity contribution is 7.91. The fraction of sp³-hybridized carbons (Fsp3) is 0.455. The van der Waals surface area contributed by atoms with Crippen LogP contribution in [-0.2, 0) is 15.4 Å². The van der Waals surface area contributed by atoms with Crippen molar-refractivity contribution in [1.29, 1.82) is 0 Å². The van der Waals surface area contributed by atoms with E-state index in [0.29, 0.717) is 4.90 Å². The Morgan fingerprint density at radius 1 is 1.33 bits per heavy atom. The average Bonchev–Trinajstić information content (AvgIpc) is 2.98. The molecule has 4 heteroatoms. The third-order valence-corrected chi connectivity index (χ3v) is 4.69. The van der Waals surface area contributed by atoms with E-state index in [1.807, 2.05) is 12.1 Å². The van der Waals surface area contributed by atoms with Gasteiger partial charge in [-0.2, -0.15) is 0 Å². The number of hydrogen-bond donors (Lipinski definition) is 1. The lowest BCUT2D eigenvalue weighted by Gasteiger charge is -2.08. The minimum Gasteiger partial charge on any atom is -0.304 e. The lowest BCUT2D eigenvalue weighted by Crippen LogP contribution is -2.08. The highest BCUT2D eigenvalue weighted by Crippen LogP contribution is 2.30. The van der Waals surface area contributed by atoms with Gasteiger partial charge in [-0.1, -0.05) is 19.1 Å². The summed E-state index contributed by atoms with van der Waals surface area (Å²) in [6.07, 6.45) is 0. The summed E-state index contributed by atoms with van der Waals surface area (Å²) in [7, 11) is -3.06. The van der Waals surface area contributed by atoms with Crippen LogP contribution in [0.15, 0.2) is 29.2 Å². The standard InChI is InChI=1S/C11H15NO2S/c1-3-15(13,14)10-6-4-9(5-7-10)11(2)8-12-11/h4-7,12H,3,8H2,1-2H3. The van der Waals surface area contributed by atoms with Crippen molar-refractivity contribution in [2.24, 2.45) is 0 Å². The van der Waals surface area contributed by atoms with Crippen LogP contribution in [0.1, 0.15) is 19.4 Å². The lowest BCUT2D eigenvalue weighted by atomic mass is 10.0. The topological polar surface area (TPSA) is 56.1 Å². The number of hydrogen-bond acceptors (Lipinski definition) is 3. The summed E-state index contributed by atoms with van der Waals surface area (Å²) < 4.78 is 23.1. The Morgan fingerprint density at radius 3 is 2.27 bits per heavy atom. The van der Waals surface area contributed by atoms with Gasteiger partial charge in [0.1, 0.15) is 0 Å². The van der Waals surface area contributed by atoms with E-state index in [9.17, 15) is 8.42 Å². The van der Waals surface area contributed by atoms with Crippen molar-refractivity contribution in [2.75, 3.05) is 12.3 Å². The summed E-state index contributed by atoms with van der Waals surface area (Å²) >= 11 is 0. The SMILES string of the molecule is CCS(=O)(=O)c1ccc(C2(C)CN2)cc1. The Kier molecular flexibility index (Phi) is 2.35. The van der Waals surface area contributed by atoms with Gasteiger partial charge in [0.15, 0.2) is 9.84 Å². The molecule has 1 unspecified atom stereocenters. The summed E-state index contributed by atoms with van der Waals surface area (Å²) in [6.45, 7) is 4.73. The van der Waals surface area contributed by atoms with E-state index in [0.717, 1.165) is 12.1 Å². The van der Waals surface area contributed by atoms with E-state index >= 15 is 0 Å². The van der Waals surface area contributed by atoms with Crippen LogP contribution in [0, 0.1) is 0 Å². The lowest BCUT2D eigenvalue weighted by molar-refractivity contribution is 0.597. The Morgan fingerprint density at radius 2 is 1.87 bits per heavy atom. The second kappa shape index (κ2) is 3.32. The summed E-state index contributed by atoms with van der Waals surface area (Å²) in [6, 6.07) is 7.17. The number of sulfone groups is 1. The van der Waals surface area contributed by atoms with Crippen molar-refractivity contribution in [3.8, 4) is 0 Å². The number of benzene rings is 1. The molecular formula is C11H15NO2S. The monoisotopic (exact) mass is 225 g/mol. The molecule has 0 amide bonds.